The number of nitrogens with zero attached hydrogens (tertiary/aromatic N) is 5. The third-order valence-corrected chi connectivity index (χ3v) is 6.04. The Kier molecular flexibility index (Phi) is 10.8. The number of hydrogen-bond acceptors (Lipinski definition) is 7. The Balaban J connectivity index is 3.19. The summed E-state index contributed by atoms with van der Waals surface area (Å²) < 4.78 is 5.16. The maximum atomic E-state index is 13.3. The van der Waals surface area contributed by atoms with Crippen LogP contribution in [0.4, 0.5) is 0 Å². The van der Waals surface area contributed by atoms with E-state index in [9.17, 15) is 14.7 Å². The van der Waals surface area contributed by atoms with Gasteiger partial charge in [0.05, 0.1) is 6.61 Å². The van der Waals surface area contributed by atoms with Gasteiger partial charge in [-0.2, -0.15) is 0 Å². The number of aromatic nitrogens is 1. The molecule has 4 atom stereocenters. The number of carbonyl (C=O) groups is 2. The molecule has 1 amide bonds. The second-order valence-electron chi connectivity index (χ2n) is 7.50. The minimum atomic E-state index is -1.16. The first-order chi connectivity index (χ1) is 14.2. The number of carbonyl (C=O) groups excluding carboxylic acids is 1. The molecule has 0 unspecified atom stereocenters. The van der Waals surface area contributed by atoms with Crippen LogP contribution >= 0.6 is 11.3 Å². The van der Waals surface area contributed by atoms with Crippen LogP contribution in [0.15, 0.2) is 10.5 Å². The number of ether oxygens (including phenoxy) is 1. The zero-order valence-electron chi connectivity index (χ0n) is 18.1. The summed E-state index contributed by atoms with van der Waals surface area (Å²) in [6, 6.07) is -1.24. The smallest absolute Gasteiger partial charge is 0.355 e. The molecular weight excluding hydrogens is 410 g/mol. The Bertz CT molecular complexity index is 749. The van der Waals surface area contributed by atoms with Crippen LogP contribution in [0.25, 0.3) is 10.4 Å². The monoisotopic (exact) mass is 441 g/mol. The van der Waals surface area contributed by atoms with Gasteiger partial charge >= 0.3 is 5.97 Å². The fourth-order valence-electron chi connectivity index (χ4n) is 3.11. The molecule has 1 heterocycles. The van der Waals surface area contributed by atoms with Crippen molar-refractivity contribution in [2.45, 2.75) is 58.7 Å². The van der Waals surface area contributed by atoms with Crippen LogP contribution in [-0.4, -0.2) is 64.3 Å². The summed E-state index contributed by atoms with van der Waals surface area (Å²) in [5.74, 6) is -1.64. The van der Waals surface area contributed by atoms with Gasteiger partial charge < -0.3 is 19.8 Å². The van der Waals surface area contributed by atoms with Crippen molar-refractivity contribution in [3.8, 4) is 0 Å². The number of hydrogen-bond donors (Lipinski definition) is 2. The van der Waals surface area contributed by atoms with Crippen LogP contribution in [0.1, 0.15) is 62.1 Å². The molecule has 1 aromatic rings. The minimum Gasteiger partial charge on any atom is -0.476 e. The molecule has 0 bridgehead atoms. The second-order valence-corrected chi connectivity index (χ2v) is 8.39. The van der Waals surface area contributed by atoms with E-state index >= 15 is 0 Å². The van der Waals surface area contributed by atoms with E-state index in [2.05, 4.69) is 15.0 Å². The molecule has 0 radical (unpaired) electrons. The van der Waals surface area contributed by atoms with Crippen molar-refractivity contribution in [1.29, 1.82) is 0 Å². The van der Waals surface area contributed by atoms with Gasteiger partial charge in [0.15, 0.2) is 5.69 Å². The molecule has 30 heavy (non-hydrogen) atoms. The van der Waals surface area contributed by atoms with E-state index in [4.69, 9.17) is 15.4 Å². The van der Waals surface area contributed by atoms with Gasteiger partial charge in [-0.25, -0.2) is 9.78 Å². The summed E-state index contributed by atoms with van der Waals surface area (Å²) in [6.45, 7) is 8.20. The molecule has 11 heteroatoms. The molecule has 1 rings (SSSR count). The molecule has 0 spiro atoms. The maximum Gasteiger partial charge on any atom is 0.355 e. The van der Waals surface area contributed by atoms with Gasteiger partial charge in [-0.3, -0.25) is 4.79 Å². The standard InChI is InChI=1S/C19H31N5O5S/c1-6-12(4)16(22-23-20)18(26)24(7-8-29-5)14(11(2)3)9-15(25)17-21-13(10-30-17)19(27)28/h10-12,14-16,25H,6-9H2,1-5H3,(H,27,28)/t12-,14+,15+,16-/m0/s1. The first-order valence-corrected chi connectivity index (χ1v) is 10.8. The van der Waals surface area contributed by atoms with Crippen LogP contribution in [0.2, 0.25) is 0 Å². The number of thiazole rings is 1. The molecular formula is C19H31N5O5S. The average Bonchev–Trinajstić information content (AvgIpc) is 3.21. The van der Waals surface area contributed by atoms with Crippen LogP contribution in [0.5, 0.6) is 0 Å². The quantitative estimate of drug-likeness (QED) is 0.272. The molecule has 2 N–H and O–H groups in total. The van der Waals surface area contributed by atoms with E-state index in [1.807, 2.05) is 27.7 Å². The highest BCUT2D eigenvalue weighted by Crippen LogP contribution is 2.28. The summed E-state index contributed by atoms with van der Waals surface area (Å²) >= 11 is 1.06. The summed E-state index contributed by atoms with van der Waals surface area (Å²) in [5, 5.41) is 25.1. The third kappa shape index (κ3) is 6.94. The normalized spacial score (nSPS) is 15.2. The van der Waals surface area contributed by atoms with E-state index in [1.54, 1.807) is 4.90 Å². The Morgan fingerprint density at radius 2 is 2.07 bits per heavy atom. The third-order valence-electron chi connectivity index (χ3n) is 5.09. The van der Waals surface area contributed by atoms with E-state index in [0.717, 1.165) is 11.3 Å². The predicted molar refractivity (Wildman–Crippen MR) is 113 cm³/mol. The molecule has 0 aliphatic heterocycles. The largest absolute Gasteiger partial charge is 0.476 e. The van der Waals surface area contributed by atoms with Gasteiger partial charge in [-0.1, -0.05) is 39.2 Å². The number of methoxy groups -OCH3 is 1. The first-order valence-electron chi connectivity index (χ1n) is 9.88. The summed E-state index contributed by atoms with van der Waals surface area (Å²) in [7, 11) is 1.53. The van der Waals surface area contributed by atoms with Crippen molar-refractivity contribution >= 4 is 23.2 Å². The highest BCUT2D eigenvalue weighted by molar-refractivity contribution is 7.09. The van der Waals surface area contributed by atoms with Crippen molar-refractivity contribution in [1.82, 2.24) is 9.88 Å². The fourth-order valence-corrected chi connectivity index (χ4v) is 3.90. The van der Waals surface area contributed by atoms with Crippen LogP contribution in [-0.2, 0) is 9.53 Å². The Morgan fingerprint density at radius 1 is 1.40 bits per heavy atom. The molecule has 168 valence electrons. The van der Waals surface area contributed by atoms with Gasteiger partial charge in [-0.15, -0.1) is 11.3 Å². The van der Waals surface area contributed by atoms with Gasteiger partial charge in [0.2, 0.25) is 5.91 Å². The lowest BCUT2D eigenvalue weighted by Gasteiger charge is -2.37. The number of carboxylic acid groups (broad SMARTS) is 1. The molecule has 0 saturated heterocycles. The number of rotatable bonds is 13. The van der Waals surface area contributed by atoms with Crippen LogP contribution in [0.3, 0.4) is 0 Å². The summed E-state index contributed by atoms with van der Waals surface area (Å²) in [5.41, 5.74) is 8.82. The summed E-state index contributed by atoms with van der Waals surface area (Å²) in [6.07, 6.45) is -0.196. The SMILES string of the molecule is CC[C@H](C)[C@H](N=[N+]=[N-])C(=O)N(CCOC)[C@H](C[C@@H](O)c1nc(C(=O)O)cs1)C(C)C. The van der Waals surface area contributed by atoms with Crippen molar-refractivity contribution in [2.24, 2.45) is 17.0 Å². The van der Waals surface area contributed by atoms with Crippen molar-refractivity contribution in [3.63, 3.8) is 0 Å². The maximum absolute atomic E-state index is 13.3. The number of amides is 1. The average molecular weight is 442 g/mol. The fraction of sp³-hybridized carbons (Fsp3) is 0.737. The lowest BCUT2D eigenvalue weighted by Crippen LogP contribution is -2.50. The molecule has 0 saturated carbocycles. The van der Waals surface area contributed by atoms with Crippen molar-refractivity contribution in [2.75, 3.05) is 20.3 Å². The molecule has 0 aliphatic rings. The summed E-state index contributed by atoms with van der Waals surface area (Å²) in [4.78, 5) is 32.8. The van der Waals surface area contributed by atoms with Crippen molar-refractivity contribution in [3.05, 3.63) is 26.5 Å². The first kappa shape index (κ1) is 25.8. The van der Waals surface area contributed by atoms with E-state index in [-0.39, 0.29) is 54.1 Å². The van der Waals surface area contributed by atoms with Crippen LogP contribution in [0, 0.1) is 11.8 Å². The van der Waals surface area contributed by atoms with Gasteiger partial charge in [0.25, 0.3) is 0 Å². The molecule has 10 nitrogen and oxygen atoms in total. The number of aliphatic hydroxyl groups is 1. The Labute approximate surface area is 180 Å². The minimum absolute atomic E-state index is 0.0250. The van der Waals surface area contributed by atoms with E-state index in [0.29, 0.717) is 6.42 Å². The molecule has 0 fully saturated rings. The number of carboxylic acids is 1. The lowest BCUT2D eigenvalue weighted by atomic mass is 9.93. The highest BCUT2D eigenvalue weighted by atomic mass is 32.1. The zero-order chi connectivity index (χ0) is 22.8. The van der Waals surface area contributed by atoms with E-state index in [1.165, 1.54) is 12.5 Å². The van der Waals surface area contributed by atoms with Crippen molar-refractivity contribution < 1.29 is 24.5 Å². The topological polar surface area (TPSA) is 149 Å². The number of aromatic carboxylic acids is 1. The van der Waals surface area contributed by atoms with E-state index < -0.39 is 18.1 Å². The molecule has 0 aliphatic carbocycles. The number of aliphatic hydroxyl groups excluding tert-OH is 1. The number of azide groups is 1. The Hall–Kier alpha value is -2.20. The second kappa shape index (κ2) is 12.5. The van der Waals surface area contributed by atoms with Gasteiger partial charge in [0, 0.05) is 36.4 Å². The highest BCUT2D eigenvalue weighted by Gasteiger charge is 2.34. The van der Waals surface area contributed by atoms with Crippen LogP contribution < -0.4 is 0 Å². The Morgan fingerprint density at radius 3 is 2.53 bits per heavy atom. The van der Waals surface area contributed by atoms with Gasteiger partial charge in [-0.05, 0) is 17.4 Å². The molecule has 1 aromatic heterocycles. The molecule has 0 aromatic carbocycles. The lowest BCUT2D eigenvalue weighted by molar-refractivity contribution is -0.138. The van der Waals surface area contributed by atoms with Gasteiger partial charge in [0.1, 0.15) is 17.2 Å². The zero-order valence-corrected chi connectivity index (χ0v) is 18.9. The predicted octanol–water partition coefficient (Wildman–Crippen LogP) is 3.49.